The first-order chi connectivity index (χ1) is 11.6. The van der Waals surface area contributed by atoms with Gasteiger partial charge < -0.3 is 14.4 Å². The monoisotopic (exact) mass is 323 g/mol. The predicted octanol–water partition coefficient (Wildman–Crippen LogP) is 3.16. The van der Waals surface area contributed by atoms with Gasteiger partial charge in [0.25, 0.3) is 5.91 Å². The van der Waals surface area contributed by atoms with E-state index in [2.05, 4.69) is 40.2 Å². The van der Waals surface area contributed by atoms with Crippen molar-refractivity contribution in [3.63, 3.8) is 0 Å². The number of nitrogens with zero attached hydrogens (tertiary/aromatic N) is 2. The van der Waals surface area contributed by atoms with Crippen LogP contribution < -0.4 is 5.32 Å². The third-order valence-corrected chi connectivity index (χ3v) is 4.90. The van der Waals surface area contributed by atoms with Crippen LogP contribution in [0.3, 0.4) is 0 Å². The maximum Gasteiger partial charge on any atom is 0.289 e. The Morgan fingerprint density at radius 3 is 3.04 bits per heavy atom. The summed E-state index contributed by atoms with van der Waals surface area (Å²) >= 11 is 0. The van der Waals surface area contributed by atoms with Gasteiger partial charge in [0, 0.05) is 30.2 Å². The highest BCUT2D eigenvalue weighted by atomic mass is 16.5. The summed E-state index contributed by atoms with van der Waals surface area (Å²) in [5.41, 5.74) is 6.19. The molecule has 1 aromatic carbocycles. The van der Waals surface area contributed by atoms with E-state index in [1.54, 1.807) is 13.0 Å². The van der Waals surface area contributed by atoms with Gasteiger partial charge in [0.2, 0.25) is 5.76 Å². The minimum Gasteiger partial charge on any atom is -0.351 e. The Hall–Kier alpha value is -2.56. The number of amides is 1. The summed E-state index contributed by atoms with van der Waals surface area (Å²) < 4.78 is 7.44. The van der Waals surface area contributed by atoms with E-state index in [4.69, 9.17) is 4.52 Å². The number of carbonyl (C=O) groups excluding carboxylic acids is 1. The summed E-state index contributed by atoms with van der Waals surface area (Å²) in [7, 11) is 0. The zero-order valence-electron chi connectivity index (χ0n) is 14.1. The van der Waals surface area contributed by atoms with Gasteiger partial charge in [-0.25, -0.2) is 0 Å². The van der Waals surface area contributed by atoms with Crippen molar-refractivity contribution < 1.29 is 9.32 Å². The molecule has 0 aliphatic carbocycles. The van der Waals surface area contributed by atoms with Crippen LogP contribution in [0.25, 0.3) is 10.9 Å². The van der Waals surface area contributed by atoms with Crippen LogP contribution in [0.1, 0.15) is 39.5 Å². The first-order valence-electron chi connectivity index (χ1n) is 8.46. The molecule has 0 bridgehead atoms. The van der Waals surface area contributed by atoms with Gasteiger partial charge in [-0.3, -0.25) is 4.79 Å². The number of hydrogen-bond acceptors (Lipinski definition) is 3. The quantitative estimate of drug-likeness (QED) is 0.802. The lowest BCUT2D eigenvalue weighted by Gasteiger charge is -2.16. The summed E-state index contributed by atoms with van der Waals surface area (Å²) in [4.78, 5) is 12.1. The Kier molecular flexibility index (Phi) is 3.63. The van der Waals surface area contributed by atoms with E-state index in [9.17, 15) is 4.79 Å². The molecule has 0 saturated heterocycles. The van der Waals surface area contributed by atoms with Crippen molar-refractivity contribution in [3.05, 3.63) is 52.5 Å². The van der Waals surface area contributed by atoms with Crippen molar-refractivity contribution in [2.75, 3.05) is 6.54 Å². The summed E-state index contributed by atoms with van der Waals surface area (Å²) in [5, 5.41) is 8.01. The lowest BCUT2D eigenvalue weighted by molar-refractivity contribution is 0.0917. The van der Waals surface area contributed by atoms with Crippen LogP contribution >= 0.6 is 0 Å². The van der Waals surface area contributed by atoms with Crippen molar-refractivity contribution in [1.29, 1.82) is 0 Å². The van der Waals surface area contributed by atoms with Crippen LogP contribution in [0.4, 0.5) is 0 Å². The summed E-state index contributed by atoms with van der Waals surface area (Å²) in [5.74, 6) is 0.0637. The fraction of sp³-hybridized carbons (Fsp3) is 0.368. The Labute approximate surface area is 140 Å². The van der Waals surface area contributed by atoms with Crippen LogP contribution in [-0.4, -0.2) is 22.2 Å². The van der Waals surface area contributed by atoms with Crippen molar-refractivity contribution in [3.8, 4) is 0 Å². The van der Waals surface area contributed by atoms with Crippen LogP contribution in [0.5, 0.6) is 0 Å². The van der Waals surface area contributed by atoms with Crippen molar-refractivity contribution in [2.24, 2.45) is 0 Å². The Balaban J connectivity index is 1.54. The molecule has 0 atom stereocenters. The van der Waals surface area contributed by atoms with Crippen molar-refractivity contribution in [2.45, 2.75) is 39.7 Å². The summed E-state index contributed by atoms with van der Waals surface area (Å²) in [6.07, 6.45) is 3.17. The van der Waals surface area contributed by atoms with Gasteiger partial charge in [-0.2, -0.15) is 0 Å². The van der Waals surface area contributed by atoms with Gasteiger partial charge in [-0.15, -0.1) is 0 Å². The standard InChI is InChI=1S/C19H21N3O2/c1-12-11-17(24-21-12)19(23)20-9-8-15-13(2)22-10-4-6-14-5-3-7-16(15)18(14)22/h3,5,7,11H,4,6,8-10H2,1-2H3,(H,20,23). The Morgan fingerprint density at radius 1 is 1.38 bits per heavy atom. The van der Waals surface area contributed by atoms with E-state index in [1.807, 2.05) is 0 Å². The normalized spacial score (nSPS) is 13.4. The molecule has 0 unspecified atom stereocenters. The SMILES string of the molecule is Cc1cc(C(=O)NCCc2c(C)n3c4c(cccc24)CCC3)on1. The van der Waals surface area contributed by atoms with E-state index in [-0.39, 0.29) is 11.7 Å². The van der Waals surface area contributed by atoms with E-state index >= 15 is 0 Å². The third-order valence-electron chi connectivity index (χ3n) is 4.90. The van der Waals surface area contributed by atoms with Gasteiger partial charge in [0.15, 0.2) is 0 Å². The zero-order valence-corrected chi connectivity index (χ0v) is 14.1. The maximum absolute atomic E-state index is 12.1. The molecule has 124 valence electrons. The lowest BCUT2D eigenvalue weighted by Crippen LogP contribution is -2.25. The molecule has 5 nitrogen and oxygen atoms in total. The maximum atomic E-state index is 12.1. The second-order valence-corrected chi connectivity index (χ2v) is 6.47. The number of nitrogens with one attached hydrogen (secondary N) is 1. The molecule has 3 aromatic rings. The minimum atomic E-state index is -0.206. The highest BCUT2D eigenvalue weighted by Crippen LogP contribution is 2.32. The van der Waals surface area contributed by atoms with E-state index in [0.29, 0.717) is 12.2 Å². The van der Waals surface area contributed by atoms with Crippen LogP contribution in [-0.2, 0) is 19.4 Å². The predicted molar refractivity (Wildman–Crippen MR) is 92.3 cm³/mol. The molecule has 5 heteroatoms. The number of aryl methyl sites for hydroxylation is 3. The van der Waals surface area contributed by atoms with Crippen molar-refractivity contribution in [1.82, 2.24) is 15.0 Å². The molecule has 3 heterocycles. The number of aromatic nitrogens is 2. The number of carbonyl (C=O) groups is 1. The van der Waals surface area contributed by atoms with E-state index in [0.717, 1.165) is 19.4 Å². The highest BCUT2D eigenvalue weighted by molar-refractivity contribution is 5.91. The molecule has 0 saturated carbocycles. The molecule has 0 fully saturated rings. The van der Waals surface area contributed by atoms with Crippen LogP contribution in [0, 0.1) is 13.8 Å². The van der Waals surface area contributed by atoms with Crippen molar-refractivity contribution >= 4 is 16.8 Å². The van der Waals surface area contributed by atoms with E-state index in [1.165, 1.54) is 34.1 Å². The fourth-order valence-electron chi connectivity index (χ4n) is 3.76. The summed E-state index contributed by atoms with van der Waals surface area (Å²) in [6, 6.07) is 8.23. The molecular weight excluding hydrogens is 302 g/mol. The average molecular weight is 323 g/mol. The number of para-hydroxylation sites is 1. The molecule has 1 aliphatic rings. The average Bonchev–Trinajstić information content (AvgIpc) is 3.14. The molecule has 1 amide bonds. The first kappa shape index (κ1) is 15.0. The van der Waals surface area contributed by atoms with Gasteiger partial charge >= 0.3 is 0 Å². The topological polar surface area (TPSA) is 60.1 Å². The second kappa shape index (κ2) is 5.82. The van der Waals surface area contributed by atoms with Gasteiger partial charge in [0.05, 0.1) is 11.2 Å². The van der Waals surface area contributed by atoms with Gasteiger partial charge in [0.1, 0.15) is 0 Å². The molecule has 24 heavy (non-hydrogen) atoms. The zero-order chi connectivity index (χ0) is 16.7. The fourth-order valence-corrected chi connectivity index (χ4v) is 3.76. The third kappa shape index (κ3) is 2.40. The Morgan fingerprint density at radius 2 is 2.25 bits per heavy atom. The minimum absolute atomic E-state index is 0.206. The largest absolute Gasteiger partial charge is 0.351 e. The van der Waals surface area contributed by atoms with Crippen LogP contribution in [0.2, 0.25) is 0 Å². The van der Waals surface area contributed by atoms with Gasteiger partial charge in [-0.05, 0) is 44.2 Å². The lowest BCUT2D eigenvalue weighted by atomic mass is 10.0. The molecule has 0 radical (unpaired) electrons. The van der Waals surface area contributed by atoms with Gasteiger partial charge in [-0.1, -0.05) is 23.4 Å². The molecule has 1 aliphatic heterocycles. The number of rotatable bonds is 4. The Bertz CT molecular complexity index is 920. The molecular formula is C19H21N3O2. The molecule has 4 rings (SSSR count). The van der Waals surface area contributed by atoms with Crippen LogP contribution in [0.15, 0.2) is 28.8 Å². The van der Waals surface area contributed by atoms with E-state index < -0.39 is 0 Å². The number of benzene rings is 1. The second-order valence-electron chi connectivity index (χ2n) is 6.47. The smallest absolute Gasteiger partial charge is 0.289 e. The highest BCUT2D eigenvalue weighted by Gasteiger charge is 2.19. The molecule has 1 N–H and O–H groups in total. The first-order valence-corrected chi connectivity index (χ1v) is 8.46. The number of hydrogen-bond donors (Lipinski definition) is 1. The molecule has 2 aromatic heterocycles. The summed E-state index contributed by atoms with van der Waals surface area (Å²) in [6.45, 7) is 5.66. The molecule has 0 spiro atoms.